The molecule has 2 aromatic carbocycles. The van der Waals surface area contributed by atoms with Gasteiger partial charge in [0.1, 0.15) is 17.2 Å². The first-order valence-corrected chi connectivity index (χ1v) is 11.2. The van der Waals surface area contributed by atoms with Gasteiger partial charge in [-0.1, -0.05) is 42.1 Å². The average Bonchev–Trinajstić information content (AvgIpc) is 3.36. The molecule has 1 fully saturated rings. The molecule has 8 heteroatoms. The van der Waals surface area contributed by atoms with Crippen molar-refractivity contribution >= 4 is 28.6 Å². The molecule has 1 aliphatic rings. The van der Waals surface area contributed by atoms with Gasteiger partial charge in [0, 0.05) is 11.4 Å². The van der Waals surface area contributed by atoms with Gasteiger partial charge >= 0.3 is 0 Å². The lowest BCUT2D eigenvalue weighted by Crippen LogP contribution is -2.28. The zero-order valence-corrected chi connectivity index (χ0v) is 17.7. The molecular formula is C23H21FN4O2S. The van der Waals surface area contributed by atoms with Crippen molar-refractivity contribution in [1.82, 2.24) is 20.1 Å². The predicted octanol–water partition coefficient (Wildman–Crippen LogP) is 5.13. The third kappa shape index (κ3) is 4.07. The van der Waals surface area contributed by atoms with E-state index in [4.69, 9.17) is 4.42 Å². The van der Waals surface area contributed by atoms with E-state index in [0.717, 1.165) is 23.8 Å². The molecule has 2 heterocycles. The number of furan rings is 1. The third-order valence-electron chi connectivity index (χ3n) is 5.27. The van der Waals surface area contributed by atoms with Crippen LogP contribution in [0, 0.1) is 5.82 Å². The molecule has 158 valence electrons. The molecule has 1 atom stereocenters. The minimum Gasteiger partial charge on any atom is -0.459 e. The van der Waals surface area contributed by atoms with Crippen LogP contribution < -0.4 is 5.32 Å². The summed E-state index contributed by atoms with van der Waals surface area (Å²) in [6.07, 6.45) is 2.00. The molecule has 0 aliphatic heterocycles. The van der Waals surface area contributed by atoms with E-state index < -0.39 is 0 Å². The molecule has 0 unspecified atom stereocenters. The van der Waals surface area contributed by atoms with Crippen LogP contribution in [-0.2, 0) is 4.79 Å². The second kappa shape index (κ2) is 8.19. The van der Waals surface area contributed by atoms with Gasteiger partial charge in [-0.3, -0.25) is 9.36 Å². The van der Waals surface area contributed by atoms with E-state index in [0.29, 0.717) is 22.3 Å². The Morgan fingerprint density at radius 2 is 2.00 bits per heavy atom. The number of thioether (sulfide) groups is 1. The van der Waals surface area contributed by atoms with E-state index in [9.17, 15) is 9.18 Å². The van der Waals surface area contributed by atoms with E-state index in [1.165, 1.54) is 17.8 Å². The SMILES string of the molecule is C[C@@H](NC(=O)CSc1nnc(-c2ccccc2F)n1C1CC1)c1cc2ccccc2o1. The zero-order valence-electron chi connectivity index (χ0n) is 16.9. The van der Waals surface area contributed by atoms with Crippen LogP contribution in [0.25, 0.3) is 22.4 Å². The van der Waals surface area contributed by atoms with Gasteiger partial charge in [-0.15, -0.1) is 10.2 Å². The molecule has 0 radical (unpaired) electrons. The Bertz CT molecular complexity index is 1210. The number of rotatable bonds is 7. The number of para-hydroxylation sites is 1. The van der Waals surface area contributed by atoms with Gasteiger partial charge in [-0.25, -0.2) is 4.39 Å². The average molecular weight is 437 g/mol. The largest absolute Gasteiger partial charge is 0.459 e. The molecule has 1 amide bonds. The van der Waals surface area contributed by atoms with Crippen molar-refractivity contribution in [3.05, 3.63) is 66.2 Å². The summed E-state index contributed by atoms with van der Waals surface area (Å²) in [4.78, 5) is 12.6. The number of fused-ring (bicyclic) bond motifs is 1. The highest BCUT2D eigenvalue weighted by molar-refractivity contribution is 7.99. The number of amides is 1. The lowest BCUT2D eigenvalue weighted by Gasteiger charge is -2.12. The van der Waals surface area contributed by atoms with Crippen molar-refractivity contribution in [3.8, 4) is 11.4 Å². The van der Waals surface area contributed by atoms with E-state index in [1.807, 2.05) is 41.8 Å². The Morgan fingerprint density at radius 1 is 1.23 bits per heavy atom. The topological polar surface area (TPSA) is 73.0 Å². The Balaban J connectivity index is 1.27. The number of carbonyl (C=O) groups is 1. The summed E-state index contributed by atoms with van der Waals surface area (Å²) in [5.74, 6) is 0.954. The first-order valence-electron chi connectivity index (χ1n) is 10.2. The highest BCUT2D eigenvalue weighted by Gasteiger charge is 2.31. The van der Waals surface area contributed by atoms with Gasteiger partial charge in [-0.05, 0) is 44.0 Å². The maximum Gasteiger partial charge on any atom is 0.231 e. The minimum absolute atomic E-state index is 0.129. The number of halogens is 1. The molecule has 0 bridgehead atoms. The molecule has 5 rings (SSSR count). The second-order valence-electron chi connectivity index (χ2n) is 7.65. The number of aromatic nitrogens is 3. The van der Waals surface area contributed by atoms with Crippen molar-refractivity contribution in [2.75, 3.05) is 5.75 Å². The fraction of sp³-hybridized carbons (Fsp3) is 0.261. The molecule has 0 spiro atoms. The van der Waals surface area contributed by atoms with Crippen LogP contribution in [0.2, 0.25) is 0 Å². The fourth-order valence-corrected chi connectivity index (χ4v) is 4.38. The zero-order chi connectivity index (χ0) is 21.4. The maximum absolute atomic E-state index is 14.3. The quantitative estimate of drug-likeness (QED) is 0.406. The van der Waals surface area contributed by atoms with Gasteiger partial charge in [0.2, 0.25) is 5.91 Å². The third-order valence-corrected chi connectivity index (χ3v) is 6.22. The smallest absolute Gasteiger partial charge is 0.231 e. The highest BCUT2D eigenvalue weighted by Crippen LogP contribution is 2.41. The predicted molar refractivity (Wildman–Crippen MR) is 117 cm³/mol. The van der Waals surface area contributed by atoms with Gasteiger partial charge in [0.05, 0.1) is 17.4 Å². The molecule has 6 nitrogen and oxygen atoms in total. The molecule has 31 heavy (non-hydrogen) atoms. The summed E-state index contributed by atoms with van der Waals surface area (Å²) in [6, 6.07) is 16.2. The van der Waals surface area contributed by atoms with Crippen LogP contribution in [-0.4, -0.2) is 26.4 Å². The number of hydrogen-bond donors (Lipinski definition) is 1. The first-order chi connectivity index (χ1) is 15.1. The van der Waals surface area contributed by atoms with Crippen LogP contribution in [0.5, 0.6) is 0 Å². The van der Waals surface area contributed by atoms with Crippen LogP contribution in [0.3, 0.4) is 0 Å². The fourth-order valence-electron chi connectivity index (χ4n) is 3.56. The lowest BCUT2D eigenvalue weighted by atomic mass is 10.2. The summed E-state index contributed by atoms with van der Waals surface area (Å²) < 4.78 is 22.1. The lowest BCUT2D eigenvalue weighted by molar-refractivity contribution is -0.119. The van der Waals surface area contributed by atoms with Crippen molar-refractivity contribution in [2.24, 2.45) is 0 Å². The monoisotopic (exact) mass is 436 g/mol. The molecule has 1 aliphatic carbocycles. The van der Waals surface area contributed by atoms with Crippen molar-refractivity contribution < 1.29 is 13.6 Å². The van der Waals surface area contributed by atoms with Crippen molar-refractivity contribution in [2.45, 2.75) is 37.0 Å². The Morgan fingerprint density at radius 3 is 2.77 bits per heavy atom. The van der Waals surface area contributed by atoms with Crippen LogP contribution >= 0.6 is 11.8 Å². The number of hydrogen-bond acceptors (Lipinski definition) is 5. The minimum atomic E-state index is -0.328. The standard InChI is InChI=1S/C23H21FN4O2S/c1-14(20-12-15-6-2-5-9-19(15)30-20)25-21(29)13-31-23-27-26-22(28(23)16-10-11-16)17-7-3-4-8-18(17)24/h2-9,12,14,16H,10-11,13H2,1H3,(H,25,29)/t14-/m1/s1. The van der Waals surface area contributed by atoms with Gasteiger partial charge in [0.25, 0.3) is 0 Å². The van der Waals surface area contributed by atoms with E-state index in [1.54, 1.807) is 18.2 Å². The Labute approximate surface area is 182 Å². The van der Waals surface area contributed by atoms with E-state index in [-0.39, 0.29) is 29.6 Å². The first kappa shape index (κ1) is 19.8. The molecule has 2 aromatic heterocycles. The van der Waals surface area contributed by atoms with Crippen LogP contribution in [0.1, 0.15) is 37.6 Å². The second-order valence-corrected chi connectivity index (χ2v) is 8.59. The normalized spacial score (nSPS) is 14.6. The Hall–Kier alpha value is -3.13. The van der Waals surface area contributed by atoms with E-state index >= 15 is 0 Å². The number of nitrogens with one attached hydrogen (secondary N) is 1. The summed E-state index contributed by atoms with van der Waals surface area (Å²) in [7, 11) is 0. The summed E-state index contributed by atoms with van der Waals surface area (Å²) in [6.45, 7) is 1.89. The van der Waals surface area contributed by atoms with Gasteiger partial charge in [0.15, 0.2) is 11.0 Å². The highest BCUT2D eigenvalue weighted by atomic mass is 32.2. The van der Waals surface area contributed by atoms with Crippen LogP contribution in [0.4, 0.5) is 4.39 Å². The molecule has 1 N–H and O–H groups in total. The maximum atomic E-state index is 14.3. The number of benzene rings is 2. The molecule has 0 saturated heterocycles. The number of carbonyl (C=O) groups excluding carboxylic acids is 1. The number of nitrogens with zero attached hydrogens (tertiary/aromatic N) is 3. The van der Waals surface area contributed by atoms with Crippen molar-refractivity contribution in [1.29, 1.82) is 0 Å². The van der Waals surface area contributed by atoms with E-state index in [2.05, 4.69) is 15.5 Å². The Kier molecular flexibility index (Phi) is 5.23. The van der Waals surface area contributed by atoms with Crippen molar-refractivity contribution in [3.63, 3.8) is 0 Å². The summed E-state index contributed by atoms with van der Waals surface area (Å²) >= 11 is 1.31. The summed E-state index contributed by atoms with van der Waals surface area (Å²) in [5, 5.41) is 13.1. The van der Waals surface area contributed by atoms with Gasteiger partial charge in [-0.2, -0.15) is 0 Å². The molecular weight excluding hydrogens is 415 g/mol. The molecule has 4 aromatic rings. The summed E-state index contributed by atoms with van der Waals surface area (Å²) in [5.41, 5.74) is 1.22. The van der Waals surface area contributed by atoms with Crippen LogP contribution in [0.15, 0.2) is 64.2 Å². The molecule has 1 saturated carbocycles. The van der Waals surface area contributed by atoms with Gasteiger partial charge < -0.3 is 9.73 Å².